The van der Waals surface area contributed by atoms with Crippen LogP contribution < -0.4 is 0 Å². The van der Waals surface area contributed by atoms with Gasteiger partial charge in [-0.15, -0.1) is 11.8 Å². The van der Waals surface area contributed by atoms with Gasteiger partial charge in [-0.05, 0) is 18.2 Å². The predicted molar refractivity (Wildman–Crippen MR) is 73.4 cm³/mol. The summed E-state index contributed by atoms with van der Waals surface area (Å²) in [6.45, 7) is -0.00786. The molecule has 21 heavy (non-hydrogen) atoms. The molecule has 1 aromatic rings. The first kappa shape index (κ1) is 16.2. The van der Waals surface area contributed by atoms with E-state index in [0.717, 1.165) is 16.4 Å². The van der Waals surface area contributed by atoms with E-state index in [1.54, 1.807) is 0 Å². The zero-order valence-corrected chi connectivity index (χ0v) is 12.7. The standard InChI is InChI=1S/C12H13F2NO4S2/c1-19-12(16)10-7-15(4-5-20-10)21(17,18)11-6-8(13)2-3-9(11)14/h2-3,6,10H,4-5,7H2,1H3/t10-/m1/s1. The lowest BCUT2D eigenvalue weighted by atomic mass is 10.3. The van der Waals surface area contributed by atoms with E-state index in [1.807, 2.05) is 0 Å². The van der Waals surface area contributed by atoms with Crippen LogP contribution in [-0.2, 0) is 19.6 Å². The third-order valence-corrected chi connectivity index (χ3v) is 6.05. The number of sulfonamides is 1. The Balaban J connectivity index is 2.31. The van der Waals surface area contributed by atoms with Crippen LogP contribution in [0.15, 0.2) is 23.1 Å². The van der Waals surface area contributed by atoms with Gasteiger partial charge < -0.3 is 4.74 Å². The first-order chi connectivity index (χ1) is 9.86. The summed E-state index contributed by atoms with van der Waals surface area (Å²) in [5, 5.41) is -0.671. The maximum Gasteiger partial charge on any atom is 0.320 e. The van der Waals surface area contributed by atoms with Gasteiger partial charge in [-0.3, -0.25) is 4.79 Å². The minimum atomic E-state index is -4.19. The summed E-state index contributed by atoms with van der Waals surface area (Å²) >= 11 is 1.27. The van der Waals surface area contributed by atoms with Crippen molar-refractivity contribution in [2.75, 3.05) is 26.0 Å². The van der Waals surface area contributed by atoms with Gasteiger partial charge in [-0.2, -0.15) is 4.31 Å². The van der Waals surface area contributed by atoms with E-state index < -0.39 is 37.8 Å². The molecule has 0 spiro atoms. The molecule has 1 aliphatic heterocycles. The third kappa shape index (κ3) is 3.35. The maximum atomic E-state index is 13.7. The minimum Gasteiger partial charge on any atom is -0.468 e. The molecular formula is C12H13F2NO4S2. The highest BCUT2D eigenvalue weighted by atomic mass is 32.2. The molecule has 1 atom stereocenters. The monoisotopic (exact) mass is 337 g/mol. The summed E-state index contributed by atoms with van der Waals surface area (Å²) in [7, 11) is -2.98. The Bertz CT molecular complexity index is 651. The summed E-state index contributed by atoms with van der Waals surface area (Å²) in [6, 6.07) is 2.25. The van der Waals surface area contributed by atoms with Gasteiger partial charge in [-0.1, -0.05) is 0 Å². The average Bonchev–Trinajstić information content (AvgIpc) is 2.49. The Kier molecular flexibility index (Phi) is 4.84. The molecule has 2 rings (SSSR count). The highest BCUT2D eigenvalue weighted by Gasteiger charge is 2.35. The van der Waals surface area contributed by atoms with Crippen molar-refractivity contribution in [3.63, 3.8) is 0 Å². The minimum absolute atomic E-state index is 0.121. The molecule has 5 nitrogen and oxygen atoms in total. The van der Waals surface area contributed by atoms with E-state index in [9.17, 15) is 22.0 Å². The molecule has 0 aliphatic carbocycles. The van der Waals surface area contributed by atoms with E-state index in [4.69, 9.17) is 0 Å². The van der Waals surface area contributed by atoms with Crippen molar-refractivity contribution in [2.45, 2.75) is 10.1 Å². The van der Waals surface area contributed by atoms with Crippen molar-refractivity contribution in [3.05, 3.63) is 29.8 Å². The molecule has 0 N–H and O–H groups in total. The molecule has 1 saturated heterocycles. The first-order valence-corrected chi connectivity index (χ1v) is 8.50. The van der Waals surface area contributed by atoms with E-state index in [0.29, 0.717) is 11.8 Å². The van der Waals surface area contributed by atoms with Gasteiger partial charge in [0.2, 0.25) is 10.0 Å². The summed E-state index contributed by atoms with van der Waals surface area (Å²) < 4.78 is 57.2. The van der Waals surface area contributed by atoms with Gasteiger partial charge in [0.05, 0.1) is 7.11 Å². The lowest BCUT2D eigenvalue weighted by molar-refractivity contribution is -0.140. The summed E-state index contributed by atoms with van der Waals surface area (Å²) in [4.78, 5) is 10.8. The smallest absolute Gasteiger partial charge is 0.320 e. The molecule has 1 heterocycles. The lowest BCUT2D eigenvalue weighted by Crippen LogP contribution is -2.45. The number of carbonyl (C=O) groups is 1. The maximum absolute atomic E-state index is 13.7. The predicted octanol–water partition coefficient (Wildman–Crippen LogP) is 1.24. The quantitative estimate of drug-likeness (QED) is 0.777. The highest BCUT2D eigenvalue weighted by Crippen LogP contribution is 2.26. The average molecular weight is 337 g/mol. The van der Waals surface area contributed by atoms with Crippen LogP contribution in [0.1, 0.15) is 0 Å². The number of ether oxygens (including phenoxy) is 1. The zero-order chi connectivity index (χ0) is 15.6. The van der Waals surface area contributed by atoms with Crippen LogP contribution in [0.2, 0.25) is 0 Å². The molecule has 0 saturated carbocycles. The van der Waals surface area contributed by atoms with Crippen LogP contribution in [0.3, 0.4) is 0 Å². The number of methoxy groups -OCH3 is 1. The Labute approximate surface area is 125 Å². The summed E-state index contributed by atoms with van der Waals surface area (Å²) in [6.07, 6.45) is 0. The number of rotatable bonds is 3. The van der Waals surface area contributed by atoms with E-state index in [-0.39, 0.29) is 13.1 Å². The largest absolute Gasteiger partial charge is 0.468 e. The number of esters is 1. The fourth-order valence-corrected chi connectivity index (χ4v) is 4.80. The van der Waals surface area contributed by atoms with E-state index >= 15 is 0 Å². The fraction of sp³-hybridized carbons (Fsp3) is 0.417. The molecule has 1 fully saturated rings. The van der Waals surface area contributed by atoms with Crippen molar-refractivity contribution >= 4 is 27.8 Å². The van der Waals surface area contributed by atoms with Gasteiger partial charge in [-0.25, -0.2) is 17.2 Å². The zero-order valence-electron chi connectivity index (χ0n) is 11.1. The van der Waals surface area contributed by atoms with Crippen LogP contribution >= 0.6 is 11.8 Å². The van der Waals surface area contributed by atoms with Crippen LogP contribution in [0, 0.1) is 11.6 Å². The molecule has 1 aromatic carbocycles. The normalized spacial score (nSPS) is 20.2. The van der Waals surface area contributed by atoms with Crippen LogP contribution in [0.25, 0.3) is 0 Å². The number of nitrogens with zero attached hydrogens (tertiary/aromatic N) is 1. The van der Waals surface area contributed by atoms with Crippen LogP contribution in [0.5, 0.6) is 0 Å². The van der Waals surface area contributed by atoms with Crippen LogP contribution in [-0.4, -0.2) is 49.9 Å². The number of benzene rings is 1. The number of thioether (sulfide) groups is 1. The van der Waals surface area contributed by atoms with E-state index in [1.165, 1.54) is 18.9 Å². The number of hydrogen-bond acceptors (Lipinski definition) is 5. The second-order valence-electron chi connectivity index (χ2n) is 4.32. The van der Waals surface area contributed by atoms with Gasteiger partial charge >= 0.3 is 5.97 Å². The second kappa shape index (κ2) is 6.29. The molecule has 116 valence electrons. The summed E-state index contributed by atoms with van der Waals surface area (Å²) in [5.74, 6) is -2.04. The van der Waals surface area contributed by atoms with Crippen molar-refractivity contribution in [1.82, 2.24) is 4.31 Å². The summed E-state index contributed by atoms with van der Waals surface area (Å²) in [5.41, 5.74) is 0. The molecule has 0 aromatic heterocycles. The van der Waals surface area contributed by atoms with Crippen LogP contribution in [0.4, 0.5) is 8.78 Å². The van der Waals surface area contributed by atoms with E-state index in [2.05, 4.69) is 4.74 Å². The van der Waals surface area contributed by atoms with Crippen molar-refractivity contribution in [3.8, 4) is 0 Å². The van der Waals surface area contributed by atoms with Gasteiger partial charge in [0.15, 0.2) is 0 Å². The number of carbonyl (C=O) groups excluding carboxylic acids is 1. The molecule has 9 heteroatoms. The fourth-order valence-electron chi connectivity index (χ4n) is 1.93. The molecule has 0 unspecified atom stereocenters. The Morgan fingerprint density at radius 1 is 1.43 bits per heavy atom. The Hall–Kier alpha value is -1.19. The Morgan fingerprint density at radius 3 is 2.81 bits per heavy atom. The number of hydrogen-bond donors (Lipinski definition) is 0. The third-order valence-electron chi connectivity index (χ3n) is 3.00. The van der Waals surface area contributed by atoms with Gasteiger partial charge in [0.25, 0.3) is 0 Å². The van der Waals surface area contributed by atoms with Gasteiger partial charge in [0.1, 0.15) is 21.8 Å². The molecule has 0 amide bonds. The molecule has 0 radical (unpaired) electrons. The number of halogens is 2. The van der Waals surface area contributed by atoms with Crippen molar-refractivity contribution in [2.24, 2.45) is 0 Å². The highest BCUT2D eigenvalue weighted by molar-refractivity contribution is 8.00. The first-order valence-electron chi connectivity index (χ1n) is 6.01. The second-order valence-corrected chi connectivity index (χ2v) is 7.54. The Morgan fingerprint density at radius 2 is 2.14 bits per heavy atom. The van der Waals surface area contributed by atoms with Crippen molar-refractivity contribution in [1.29, 1.82) is 0 Å². The molecule has 0 bridgehead atoms. The molecule has 1 aliphatic rings. The molecular weight excluding hydrogens is 324 g/mol. The topological polar surface area (TPSA) is 63.7 Å². The lowest BCUT2D eigenvalue weighted by Gasteiger charge is -2.30. The van der Waals surface area contributed by atoms with Gasteiger partial charge in [0, 0.05) is 18.8 Å². The SMILES string of the molecule is COC(=O)[C@H]1CN(S(=O)(=O)c2cc(F)ccc2F)CCS1. The van der Waals surface area contributed by atoms with Crippen molar-refractivity contribution < 1.29 is 26.7 Å².